The summed E-state index contributed by atoms with van der Waals surface area (Å²) in [7, 11) is 3.39. The summed E-state index contributed by atoms with van der Waals surface area (Å²) in [6.45, 7) is 4.46. The van der Waals surface area contributed by atoms with Gasteiger partial charge in [-0.2, -0.15) is 5.10 Å². The molecule has 3 aromatic rings. The number of carbonyl (C=O) groups is 1. The fourth-order valence-corrected chi connectivity index (χ4v) is 2.85. The summed E-state index contributed by atoms with van der Waals surface area (Å²) < 4.78 is 5.16. The Labute approximate surface area is 152 Å². The Morgan fingerprint density at radius 2 is 2.04 bits per heavy atom. The van der Waals surface area contributed by atoms with Crippen LogP contribution < -0.4 is 4.74 Å². The third-order valence-electron chi connectivity index (χ3n) is 4.40. The quantitative estimate of drug-likeness (QED) is 0.766. The van der Waals surface area contributed by atoms with Crippen molar-refractivity contribution in [3.8, 4) is 17.0 Å². The maximum atomic E-state index is 12.8. The Balaban J connectivity index is 1.84. The van der Waals surface area contributed by atoms with Crippen LogP contribution in [0.1, 0.15) is 27.2 Å². The fraction of sp³-hybridized carbons (Fsp3) is 0.250. The number of methoxy groups -OCH3 is 1. The standard InChI is InChI=1S/C20H22N4O2/c1-13-8-19(26-4)21-11-18(13)15-6-5-7-16(9-15)20(25)24(3)12-17-10-22-23-14(17)2/h5-11H,12H2,1-4H3,(H,22,23). The first kappa shape index (κ1) is 17.7. The summed E-state index contributed by atoms with van der Waals surface area (Å²) >= 11 is 0. The summed E-state index contributed by atoms with van der Waals surface area (Å²) in [5, 5.41) is 6.90. The minimum atomic E-state index is -0.0356. The fourth-order valence-electron chi connectivity index (χ4n) is 2.85. The van der Waals surface area contributed by atoms with Crippen LogP contribution in [0.4, 0.5) is 0 Å². The predicted molar refractivity (Wildman–Crippen MR) is 100 cm³/mol. The molecular weight excluding hydrogens is 328 g/mol. The summed E-state index contributed by atoms with van der Waals surface area (Å²) in [6.07, 6.45) is 3.53. The Bertz CT molecular complexity index is 933. The van der Waals surface area contributed by atoms with E-state index < -0.39 is 0 Å². The molecule has 0 unspecified atom stereocenters. The maximum absolute atomic E-state index is 12.8. The van der Waals surface area contributed by atoms with Gasteiger partial charge in [-0.1, -0.05) is 12.1 Å². The van der Waals surface area contributed by atoms with Gasteiger partial charge >= 0.3 is 0 Å². The van der Waals surface area contributed by atoms with Crippen molar-refractivity contribution in [2.24, 2.45) is 0 Å². The molecular formula is C20H22N4O2. The zero-order valence-corrected chi connectivity index (χ0v) is 15.4. The third-order valence-corrected chi connectivity index (χ3v) is 4.40. The number of aromatic nitrogens is 3. The molecule has 6 heteroatoms. The van der Waals surface area contributed by atoms with E-state index in [0.717, 1.165) is 27.9 Å². The van der Waals surface area contributed by atoms with E-state index in [0.29, 0.717) is 18.0 Å². The average Bonchev–Trinajstić information content (AvgIpc) is 3.05. The second-order valence-electron chi connectivity index (χ2n) is 6.30. The lowest BCUT2D eigenvalue weighted by atomic mass is 10.0. The monoisotopic (exact) mass is 350 g/mol. The number of H-pyrrole nitrogens is 1. The van der Waals surface area contributed by atoms with Gasteiger partial charge in [0.05, 0.1) is 13.3 Å². The molecule has 1 N–H and O–H groups in total. The molecule has 26 heavy (non-hydrogen) atoms. The minimum Gasteiger partial charge on any atom is -0.481 e. The van der Waals surface area contributed by atoms with E-state index in [1.54, 1.807) is 31.5 Å². The van der Waals surface area contributed by atoms with Gasteiger partial charge in [-0.3, -0.25) is 9.89 Å². The average molecular weight is 350 g/mol. The lowest BCUT2D eigenvalue weighted by Crippen LogP contribution is -2.26. The molecule has 0 saturated carbocycles. The summed E-state index contributed by atoms with van der Waals surface area (Å²) in [4.78, 5) is 18.8. The van der Waals surface area contributed by atoms with E-state index in [9.17, 15) is 4.79 Å². The van der Waals surface area contributed by atoms with Gasteiger partial charge in [0, 0.05) is 48.2 Å². The van der Waals surface area contributed by atoms with Crippen LogP contribution in [0.2, 0.25) is 0 Å². The van der Waals surface area contributed by atoms with E-state index in [-0.39, 0.29) is 5.91 Å². The van der Waals surface area contributed by atoms with Gasteiger partial charge in [0.15, 0.2) is 0 Å². The van der Waals surface area contributed by atoms with Crippen LogP contribution in [0.15, 0.2) is 42.7 Å². The van der Waals surface area contributed by atoms with E-state index in [1.165, 1.54) is 0 Å². The van der Waals surface area contributed by atoms with Gasteiger partial charge < -0.3 is 9.64 Å². The molecule has 0 saturated heterocycles. The first-order valence-electron chi connectivity index (χ1n) is 8.35. The molecule has 134 valence electrons. The van der Waals surface area contributed by atoms with Gasteiger partial charge in [0.25, 0.3) is 5.91 Å². The number of hydrogen-bond acceptors (Lipinski definition) is 4. The Morgan fingerprint density at radius 1 is 1.23 bits per heavy atom. The smallest absolute Gasteiger partial charge is 0.253 e. The Morgan fingerprint density at radius 3 is 2.69 bits per heavy atom. The number of ether oxygens (including phenoxy) is 1. The number of nitrogens with zero attached hydrogens (tertiary/aromatic N) is 3. The number of aryl methyl sites for hydroxylation is 2. The second-order valence-corrected chi connectivity index (χ2v) is 6.30. The van der Waals surface area contributed by atoms with Crippen LogP contribution in [-0.2, 0) is 6.54 Å². The number of benzene rings is 1. The number of amides is 1. The van der Waals surface area contributed by atoms with Gasteiger partial charge in [0.1, 0.15) is 0 Å². The zero-order valence-electron chi connectivity index (χ0n) is 15.4. The van der Waals surface area contributed by atoms with Crippen LogP contribution in [0.3, 0.4) is 0 Å². The highest BCUT2D eigenvalue weighted by molar-refractivity contribution is 5.95. The number of hydrogen-bond donors (Lipinski definition) is 1. The Hall–Kier alpha value is -3.15. The summed E-state index contributed by atoms with van der Waals surface area (Å²) in [5.41, 5.74) is 5.60. The van der Waals surface area contributed by atoms with Crippen LogP contribution >= 0.6 is 0 Å². The first-order chi connectivity index (χ1) is 12.5. The van der Waals surface area contributed by atoms with E-state index in [4.69, 9.17) is 4.74 Å². The maximum Gasteiger partial charge on any atom is 0.253 e. The molecule has 0 spiro atoms. The molecule has 0 bridgehead atoms. The molecule has 2 heterocycles. The van der Waals surface area contributed by atoms with Crippen LogP contribution in [-0.4, -0.2) is 40.1 Å². The second kappa shape index (κ2) is 7.39. The summed E-state index contributed by atoms with van der Waals surface area (Å²) in [6, 6.07) is 9.49. The normalized spacial score (nSPS) is 10.6. The molecule has 0 fully saturated rings. The third kappa shape index (κ3) is 3.59. The molecule has 2 aromatic heterocycles. The highest BCUT2D eigenvalue weighted by atomic mass is 16.5. The van der Waals surface area contributed by atoms with Crippen molar-refractivity contribution < 1.29 is 9.53 Å². The lowest BCUT2D eigenvalue weighted by molar-refractivity contribution is 0.0785. The molecule has 0 aliphatic heterocycles. The van der Waals surface area contributed by atoms with Crippen molar-refractivity contribution in [3.05, 3.63) is 65.1 Å². The number of rotatable bonds is 5. The number of carbonyl (C=O) groups excluding carboxylic acids is 1. The van der Waals surface area contributed by atoms with E-state index in [1.807, 2.05) is 44.2 Å². The van der Waals surface area contributed by atoms with Gasteiger partial charge in [-0.25, -0.2) is 4.98 Å². The van der Waals surface area contributed by atoms with Gasteiger partial charge in [-0.15, -0.1) is 0 Å². The molecule has 0 atom stereocenters. The van der Waals surface area contributed by atoms with Crippen molar-refractivity contribution in [2.45, 2.75) is 20.4 Å². The zero-order chi connectivity index (χ0) is 18.7. The summed E-state index contributed by atoms with van der Waals surface area (Å²) in [5.74, 6) is 0.542. The van der Waals surface area contributed by atoms with E-state index in [2.05, 4.69) is 15.2 Å². The molecule has 1 aromatic carbocycles. The Kier molecular flexibility index (Phi) is 5.02. The highest BCUT2D eigenvalue weighted by Crippen LogP contribution is 2.26. The van der Waals surface area contributed by atoms with Crippen molar-refractivity contribution in [1.29, 1.82) is 0 Å². The van der Waals surface area contributed by atoms with Crippen molar-refractivity contribution in [3.63, 3.8) is 0 Å². The van der Waals surface area contributed by atoms with E-state index >= 15 is 0 Å². The molecule has 6 nitrogen and oxygen atoms in total. The minimum absolute atomic E-state index is 0.0356. The highest BCUT2D eigenvalue weighted by Gasteiger charge is 2.15. The van der Waals surface area contributed by atoms with Crippen LogP contribution in [0.5, 0.6) is 5.88 Å². The molecule has 1 amide bonds. The largest absolute Gasteiger partial charge is 0.481 e. The molecule has 0 aliphatic carbocycles. The molecule has 0 radical (unpaired) electrons. The number of aromatic amines is 1. The SMILES string of the molecule is COc1cc(C)c(-c2cccc(C(=O)N(C)Cc3cn[nH]c3C)c2)cn1. The van der Waals surface area contributed by atoms with Crippen LogP contribution in [0, 0.1) is 13.8 Å². The topological polar surface area (TPSA) is 71.1 Å². The van der Waals surface area contributed by atoms with Crippen molar-refractivity contribution in [2.75, 3.05) is 14.2 Å². The van der Waals surface area contributed by atoms with Crippen LogP contribution in [0.25, 0.3) is 11.1 Å². The van der Waals surface area contributed by atoms with Gasteiger partial charge in [-0.05, 0) is 37.1 Å². The number of pyridine rings is 1. The molecule has 0 aliphatic rings. The molecule has 3 rings (SSSR count). The predicted octanol–water partition coefficient (Wildman–Crippen LogP) is 3.37. The number of nitrogens with one attached hydrogen (secondary N) is 1. The van der Waals surface area contributed by atoms with Gasteiger partial charge in [0.2, 0.25) is 5.88 Å². The first-order valence-corrected chi connectivity index (χ1v) is 8.35. The van der Waals surface area contributed by atoms with Crippen molar-refractivity contribution in [1.82, 2.24) is 20.1 Å². The van der Waals surface area contributed by atoms with Crippen molar-refractivity contribution >= 4 is 5.91 Å². The lowest BCUT2D eigenvalue weighted by Gasteiger charge is -2.17.